The first kappa shape index (κ1) is 9.69. The fourth-order valence-corrected chi connectivity index (χ4v) is 2.14. The zero-order valence-electron chi connectivity index (χ0n) is 9.11. The third-order valence-electron chi connectivity index (χ3n) is 2.96. The van der Waals surface area contributed by atoms with E-state index < -0.39 is 0 Å². The van der Waals surface area contributed by atoms with Crippen LogP contribution in [0.25, 0.3) is 0 Å². The van der Waals surface area contributed by atoms with Gasteiger partial charge in [0.05, 0.1) is 19.0 Å². The summed E-state index contributed by atoms with van der Waals surface area (Å²) in [5.74, 6) is 0. The summed E-state index contributed by atoms with van der Waals surface area (Å²) in [5.41, 5.74) is 2.58. The number of nitrogens with zero attached hydrogens (tertiary/aromatic N) is 1. The van der Waals surface area contributed by atoms with Crippen molar-refractivity contribution in [2.75, 3.05) is 13.3 Å². The van der Waals surface area contributed by atoms with Gasteiger partial charge in [-0.15, -0.1) is 0 Å². The van der Waals surface area contributed by atoms with Crippen molar-refractivity contribution in [3.05, 3.63) is 47.8 Å². The van der Waals surface area contributed by atoms with Crippen molar-refractivity contribution in [3.63, 3.8) is 0 Å². The van der Waals surface area contributed by atoms with Gasteiger partial charge in [0, 0.05) is 12.7 Å². The molecule has 2 heterocycles. The van der Waals surface area contributed by atoms with E-state index in [0.29, 0.717) is 6.17 Å². The minimum Gasteiger partial charge on any atom is -0.372 e. The molecule has 0 aromatic heterocycles. The molecule has 0 aliphatic carbocycles. The molecular weight excluding hydrogens is 200 g/mol. The van der Waals surface area contributed by atoms with Crippen LogP contribution in [0.1, 0.15) is 5.56 Å². The van der Waals surface area contributed by atoms with Crippen LogP contribution in [0.5, 0.6) is 0 Å². The van der Waals surface area contributed by atoms with E-state index in [0.717, 1.165) is 19.9 Å². The first-order chi connectivity index (χ1) is 7.92. The van der Waals surface area contributed by atoms with E-state index in [1.54, 1.807) is 0 Å². The van der Waals surface area contributed by atoms with Gasteiger partial charge in [-0.1, -0.05) is 30.3 Å². The van der Waals surface area contributed by atoms with Gasteiger partial charge in [0.1, 0.15) is 6.17 Å². The zero-order chi connectivity index (χ0) is 10.8. The molecule has 1 aromatic rings. The van der Waals surface area contributed by atoms with E-state index in [-0.39, 0.29) is 0 Å². The lowest BCUT2D eigenvalue weighted by molar-refractivity contribution is 0.289. The van der Waals surface area contributed by atoms with Crippen LogP contribution in [0.2, 0.25) is 0 Å². The second-order valence-corrected chi connectivity index (χ2v) is 4.17. The Morgan fingerprint density at radius 2 is 2.06 bits per heavy atom. The lowest BCUT2D eigenvalue weighted by atomic mass is 10.2. The molecule has 2 aliphatic heterocycles. The van der Waals surface area contributed by atoms with Crippen molar-refractivity contribution < 1.29 is 0 Å². The molecule has 0 radical (unpaired) electrons. The zero-order valence-corrected chi connectivity index (χ0v) is 9.11. The fraction of sp³-hybridized carbons (Fsp3) is 0.333. The summed E-state index contributed by atoms with van der Waals surface area (Å²) >= 11 is 0. The van der Waals surface area contributed by atoms with Crippen LogP contribution in [0.15, 0.2) is 42.2 Å². The Hall–Kier alpha value is -1.52. The summed E-state index contributed by atoms with van der Waals surface area (Å²) in [5, 5.41) is 10.1. The van der Waals surface area contributed by atoms with Crippen LogP contribution in [-0.4, -0.2) is 24.4 Å². The first-order valence-electron chi connectivity index (χ1n) is 5.62. The maximum absolute atomic E-state index is 3.44. The molecule has 0 saturated carbocycles. The Bertz CT molecular complexity index is 387. The van der Waals surface area contributed by atoms with Gasteiger partial charge in [-0.25, -0.2) is 0 Å². The lowest BCUT2D eigenvalue weighted by Gasteiger charge is -2.29. The van der Waals surface area contributed by atoms with Crippen molar-refractivity contribution >= 4 is 0 Å². The van der Waals surface area contributed by atoms with Crippen LogP contribution in [0, 0.1) is 0 Å². The van der Waals surface area contributed by atoms with Crippen molar-refractivity contribution in [2.45, 2.75) is 12.7 Å². The number of rotatable bonds is 2. The second-order valence-electron chi connectivity index (χ2n) is 4.17. The van der Waals surface area contributed by atoms with Crippen LogP contribution >= 0.6 is 0 Å². The summed E-state index contributed by atoms with van der Waals surface area (Å²) in [7, 11) is 0. The molecule has 0 spiro atoms. The van der Waals surface area contributed by atoms with E-state index in [9.17, 15) is 0 Å². The fourth-order valence-electron chi connectivity index (χ4n) is 2.14. The van der Waals surface area contributed by atoms with Gasteiger partial charge in [-0.3, -0.25) is 10.6 Å². The van der Waals surface area contributed by atoms with Gasteiger partial charge in [0.25, 0.3) is 0 Å². The predicted octanol–water partition coefficient (Wildman–Crippen LogP) is 0.367. The van der Waals surface area contributed by atoms with Gasteiger partial charge in [0.15, 0.2) is 0 Å². The van der Waals surface area contributed by atoms with Crippen LogP contribution in [-0.2, 0) is 6.54 Å². The van der Waals surface area contributed by atoms with Crippen molar-refractivity contribution in [1.29, 1.82) is 0 Å². The number of hydrogen-bond acceptors (Lipinski definition) is 4. The highest BCUT2D eigenvalue weighted by atomic mass is 15.4. The molecule has 1 aromatic carbocycles. The third kappa shape index (κ3) is 1.89. The molecule has 3 N–H and O–H groups in total. The Morgan fingerprint density at radius 1 is 1.19 bits per heavy atom. The largest absolute Gasteiger partial charge is 0.372 e. The molecule has 2 aliphatic rings. The number of hydrogen-bond donors (Lipinski definition) is 3. The molecule has 1 saturated heterocycles. The second kappa shape index (κ2) is 4.15. The van der Waals surface area contributed by atoms with Crippen molar-refractivity contribution in [3.8, 4) is 0 Å². The minimum atomic E-state index is 0.312. The molecular formula is C12H16N4. The average Bonchev–Trinajstić information content (AvgIpc) is 2.77. The molecule has 0 bridgehead atoms. The van der Waals surface area contributed by atoms with Gasteiger partial charge in [-0.05, 0) is 5.56 Å². The normalized spacial score (nSPS) is 23.6. The third-order valence-corrected chi connectivity index (χ3v) is 2.96. The molecule has 1 unspecified atom stereocenters. The molecule has 1 fully saturated rings. The standard InChI is InChI=1S/C12H16N4/c1-2-4-10(5-3-1)6-16-7-11-12(15-9-16)14-8-13-11/h1-5,7,12-15H,6,8-9H2. The Labute approximate surface area is 95.3 Å². The van der Waals surface area contributed by atoms with Crippen LogP contribution in [0.4, 0.5) is 0 Å². The summed E-state index contributed by atoms with van der Waals surface area (Å²) in [6, 6.07) is 10.5. The Balaban J connectivity index is 1.70. The maximum Gasteiger partial charge on any atom is 0.103 e. The van der Waals surface area contributed by atoms with Gasteiger partial charge in [0.2, 0.25) is 0 Å². The van der Waals surface area contributed by atoms with Crippen molar-refractivity contribution in [2.24, 2.45) is 0 Å². The van der Waals surface area contributed by atoms with Gasteiger partial charge >= 0.3 is 0 Å². The highest BCUT2D eigenvalue weighted by Crippen LogP contribution is 2.12. The van der Waals surface area contributed by atoms with E-state index in [2.05, 4.69) is 57.4 Å². The summed E-state index contributed by atoms with van der Waals surface area (Å²) in [6.45, 7) is 2.69. The summed E-state index contributed by atoms with van der Waals surface area (Å²) in [4.78, 5) is 2.28. The maximum atomic E-state index is 3.44. The Kier molecular flexibility index (Phi) is 2.52. The number of fused-ring (bicyclic) bond motifs is 1. The average molecular weight is 216 g/mol. The quantitative estimate of drug-likeness (QED) is 0.668. The molecule has 4 nitrogen and oxygen atoms in total. The molecule has 1 atom stereocenters. The molecule has 84 valence electrons. The number of nitrogens with one attached hydrogen (secondary N) is 3. The molecule has 16 heavy (non-hydrogen) atoms. The first-order valence-corrected chi connectivity index (χ1v) is 5.62. The molecule has 3 rings (SSSR count). The topological polar surface area (TPSA) is 39.3 Å². The van der Waals surface area contributed by atoms with E-state index in [4.69, 9.17) is 0 Å². The van der Waals surface area contributed by atoms with Crippen molar-refractivity contribution in [1.82, 2.24) is 20.9 Å². The predicted molar refractivity (Wildman–Crippen MR) is 63.0 cm³/mol. The highest BCUT2D eigenvalue weighted by molar-refractivity contribution is 5.18. The molecule has 4 heteroatoms. The Morgan fingerprint density at radius 3 is 2.94 bits per heavy atom. The van der Waals surface area contributed by atoms with E-state index in [1.165, 1.54) is 11.3 Å². The van der Waals surface area contributed by atoms with E-state index in [1.807, 2.05) is 0 Å². The monoisotopic (exact) mass is 216 g/mol. The van der Waals surface area contributed by atoms with Gasteiger partial charge < -0.3 is 10.2 Å². The summed E-state index contributed by atoms with van der Waals surface area (Å²) < 4.78 is 0. The summed E-state index contributed by atoms with van der Waals surface area (Å²) in [6.07, 6.45) is 2.51. The minimum absolute atomic E-state index is 0.312. The van der Waals surface area contributed by atoms with E-state index >= 15 is 0 Å². The number of benzene rings is 1. The van der Waals surface area contributed by atoms with Crippen LogP contribution < -0.4 is 16.0 Å². The van der Waals surface area contributed by atoms with Crippen LogP contribution in [0.3, 0.4) is 0 Å². The lowest BCUT2D eigenvalue weighted by Crippen LogP contribution is -2.47. The van der Waals surface area contributed by atoms with Gasteiger partial charge in [-0.2, -0.15) is 0 Å². The molecule has 0 amide bonds. The highest BCUT2D eigenvalue weighted by Gasteiger charge is 2.23. The SMILES string of the molecule is C1=C2NCNC2NCN1Cc1ccccc1. The smallest absolute Gasteiger partial charge is 0.103 e.